The highest BCUT2D eigenvalue weighted by molar-refractivity contribution is 9.10. The van der Waals surface area contributed by atoms with Crippen molar-refractivity contribution in [3.05, 3.63) is 69.3 Å². The van der Waals surface area contributed by atoms with E-state index in [4.69, 9.17) is 8.83 Å². The molecule has 1 aliphatic carbocycles. The topological polar surface area (TPSA) is 72.5 Å². The lowest BCUT2D eigenvalue weighted by molar-refractivity contribution is 0.0914. The first kappa shape index (κ1) is 17.8. The lowest BCUT2D eigenvalue weighted by Crippen LogP contribution is -2.22. The van der Waals surface area contributed by atoms with Crippen LogP contribution in [0.25, 0.3) is 11.3 Å². The van der Waals surface area contributed by atoms with E-state index in [0.717, 1.165) is 22.2 Å². The minimum Gasteiger partial charge on any atom is -0.459 e. The first-order valence-corrected chi connectivity index (χ1v) is 9.60. The Morgan fingerprint density at radius 3 is 2.63 bits per heavy atom. The maximum Gasteiger partial charge on any atom is 0.287 e. The van der Waals surface area contributed by atoms with Crippen molar-refractivity contribution in [2.24, 2.45) is 0 Å². The van der Waals surface area contributed by atoms with Crippen LogP contribution in [0.15, 0.2) is 49.7 Å². The van der Waals surface area contributed by atoms with Gasteiger partial charge in [0.15, 0.2) is 11.5 Å². The van der Waals surface area contributed by atoms with Crippen molar-refractivity contribution in [2.75, 3.05) is 0 Å². The van der Waals surface area contributed by atoms with E-state index in [1.165, 1.54) is 0 Å². The Labute approximate surface area is 164 Å². The zero-order valence-corrected chi connectivity index (χ0v) is 16.4. The van der Waals surface area contributed by atoms with E-state index in [0.29, 0.717) is 35.5 Å². The van der Waals surface area contributed by atoms with E-state index in [-0.39, 0.29) is 24.0 Å². The smallest absolute Gasteiger partial charge is 0.287 e. The normalized spacial score (nSPS) is 13.5. The summed E-state index contributed by atoms with van der Waals surface area (Å²) in [5.74, 6) is 1.95. The number of nitrogens with one attached hydrogen (secondary N) is 1. The molecule has 1 aliphatic rings. The van der Waals surface area contributed by atoms with E-state index in [1.54, 1.807) is 6.92 Å². The van der Waals surface area contributed by atoms with Crippen LogP contribution in [-0.2, 0) is 13.0 Å². The number of carbonyl (C=O) groups is 2. The van der Waals surface area contributed by atoms with Crippen LogP contribution in [0.5, 0.6) is 0 Å². The van der Waals surface area contributed by atoms with Crippen molar-refractivity contribution >= 4 is 27.6 Å². The summed E-state index contributed by atoms with van der Waals surface area (Å²) in [5.41, 5.74) is 2.17. The van der Waals surface area contributed by atoms with Crippen molar-refractivity contribution in [2.45, 2.75) is 32.7 Å². The molecule has 0 saturated carbocycles. The summed E-state index contributed by atoms with van der Waals surface area (Å²) in [6.07, 6.45) is 1.98. The van der Waals surface area contributed by atoms with Crippen molar-refractivity contribution < 1.29 is 18.4 Å². The summed E-state index contributed by atoms with van der Waals surface area (Å²) >= 11 is 3.41. The zero-order chi connectivity index (χ0) is 19.0. The van der Waals surface area contributed by atoms with Gasteiger partial charge in [0.2, 0.25) is 0 Å². The van der Waals surface area contributed by atoms with Gasteiger partial charge in [-0.05, 0) is 37.6 Å². The maximum atomic E-state index is 12.5. The van der Waals surface area contributed by atoms with Gasteiger partial charge in [-0.3, -0.25) is 9.59 Å². The Morgan fingerprint density at radius 1 is 1.11 bits per heavy atom. The molecule has 0 aliphatic heterocycles. The molecule has 0 spiro atoms. The van der Waals surface area contributed by atoms with Gasteiger partial charge in [0.25, 0.3) is 5.91 Å². The molecule has 1 amide bonds. The van der Waals surface area contributed by atoms with Gasteiger partial charge >= 0.3 is 0 Å². The van der Waals surface area contributed by atoms with Crippen molar-refractivity contribution in [3.63, 3.8) is 0 Å². The van der Waals surface area contributed by atoms with Gasteiger partial charge in [-0.25, -0.2) is 0 Å². The molecule has 0 fully saturated rings. The number of aryl methyl sites for hydroxylation is 1. The van der Waals surface area contributed by atoms with E-state index in [2.05, 4.69) is 21.2 Å². The van der Waals surface area contributed by atoms with Crippen LogP contribution < -0.4 is 5.32 Å². The highest BCUT2D eigenvalue weighted by atomic mass is 79.9. The molecule has 0 atom stereocenters. The number of benzene rings is 1. The van der Waals surface area contributed by atoms with Crippen LogP contribution in [0.3, 0.4) is 0 Å². The quantitative estimate of drug-likeness (QED) is 0.631. The molecule has 4 rings (SSSR count). The highest BCUT2D eigenvalue weighted by Crippen LogP contribution is 2.29. The fourth-order valence-corrected chi connectivity index (χ4v) is 3.62. The van der Waals surface area contributed by atoms with Crippen molar-refractivity contribution in [1.82, 2.24) is 5.32 Å². The fraction of sp³-hybridized carbons (Fsp3) is 0.238. The SMILES string of the molecule is Cc1c(C(=O)NCc2ccc(-c3ccc(Br)cc3)o2)oc2c1C(=O)CCC2. The monoisotopic (exact) mass is 427 g/mol. The molecule has 2 heterocycles. The number of fused-ring (bicyclic) bond motifs is 1. The van der Waals surface area contributed by atoms with Crippen LogP contribution in [0.1, 0.15) is 50.8 Å². The minimum atomic E-state index is -0.337. The van der Waals surface area contributed by atoms with Crippen LogP contribution in [0, 0.1) is 6.92 Å². The molecule has 0 bridgehead atoms. The third-order valence-electron chi connectivity index (χ3n) is 4.73. The van der Waals surface area contributed by atoms with Gasteiger partial charge in [0.05, 0.1) is 12.1 Å². The molecule has 3 aromatic rings. The summed E-state index contributed by atoms with van der Waals surface area (Å²) in [5, 5.41) is 2.81. The van der Waals surface area contributed by atoms with Crippen molar-refractivity contribution in [1.29, 1.82) is 0 Å². The molecule has 0 radical (unpaired) electrons. The second kappa shape index (κ2) is 7.19. The first-order valence-electron chi connectivity index (χ1n) is 8.81. The number of Topliss-reactive ketones (excluding diaryl/α,β-unsaturated/α-hetero) is 1. The molecule has 138 valence electrons. The molecule has 0 unspecified atom stereocenters. The number of hydrogen-bond acceptors (Lipinski definition) is 4. The lowest BCUT2D eigenvalue weighted by atomic mass is 9.94. The van der Waals surface area contributed by atoms with E-state index < -0.39 is 0 Å². The third kappa shape index (κ3) is 3.49. The Hall–Kier alpha value is -2.60. The van der Waals surface area contributed by atoms with Crippen LogP contribution in [0.4, 0.5) is 0 Å². The molecule has 0 saturated heterocycles. The number of hydrogen-bond donors (Lipinski definition) is 1. The fourth-order valence-electron chi connectivity index (χ4n) is 3.36. The number of ketones is 1. The summed E-state index contributed by atoms with van der Waals surface area (Å²) < 4.78 is 12.5. The van der Waals surface area contributed by atoms with Crippen LogP contribution >= 0.6 is 15.9 Å². The van der Waals surface area contributed by atoms with E-state index in [9.17, 15) is 9.59 Å². The summed E-state index contributed by atoms with van der Waals surface area (Å²) in [6, 6.07) is 11.5. The summed E-state index contributed by atoms with van der Waals surface area (Å²) in [7, 11) is 0. The van der Waals surface area contributed by atoms with Gasteiger partial charge in [-0.15, -0.1) is 0 Å². The molecule has 27 heavy (non-hydrogen) atoms. The minimum absolute atomic E-state index is 0.0572. The average Bonchev–Trinajstić information content (AvgIpc) is 3.26. The Bertz CT molecular complexity index is 1010. The molecule has 1 N–H and O–H groups in total. The molecule has 1 aromatic carbocycles. The average molecular weight is 428 g/mol. The Balaban J connectivity index is 1.46. The third-order valence-corrected chi connectivity index (χ3v) is 5.25. The van der Waals surface area contributed by atoms with E-state index in [1.807, 2.05) is 36.4 Å². The molecular formula is C21H18BrNO4. The Morgan fingerprint density at radius 2 is 1.89 bits per heavy atom. The number of rotatable bonds is 4. The number of carbonyl (C=O) groups excluding carboxylic acids is 2. The number of furan rings is 2. The summed E-state index contributed by atoms with van der Waals surface area (Å²) in [4.78, 5) is 24.6. The van der Waals surface area contributed by atoms with Gasteiger partial charge in [-0.1, -0.05) is 28.1 Å². The molecular weight excluding hydrogens is 410 g/mol. The summed E-state index contributed by atoms with van der Waals surface area (Å²) in [6.45, 7) is 2.01. The predicted octanol–water partition coefficient (Wildman–Crippen LogP) is 5.06. The number of amides is 1. The maximum absolute atomic E-state index is 12.5. The van der Waals surface area contributed by atoms with Gasteiger partial charge in [0, 0.05) is 28.4 Å². The second-order valence-electron chi connectivity index (χ2n) is 6.59. The second-order valence-corrected chi connectivity index (χ2v) is 7.50. The Kier molecular flexibility index (Phi) is 4.74. The molecule has 2 aromatic heterocycles. The molecule has 5 nitrogen and oxygen atoms in total. The number of halogens is 1. The van der Waals surface area contributed by atoms with Gasteiger partial charge in [0.1, 0.15) is 17.3 Å². The largest absolute Gasteiger partial charge is 0.459 e. The lowest BCUT2D eigenvalue weighted by Gasteiger charge is -2.07. The van der Waals surface area contributed by atoms with Gasteiger partial charge in [-0.2, -0.15) is 0 Å². The zero-order valence-electron chi connectivity index (χ0n) is 14.8. The molecule has 6 heteroatoms. The van der Waals surface area contributed by atoms with Crippen molar-refractivity contribution in [3.8, 4) is 11.3 Å². The predicted molar refractivity (Wildman–Crippen MR) is 104 cm³/mol. The van der Waals surface area contributed by atoms with Crippen LogP contribution in [0.2, 0.25) is 0 Å². The standard InChI is InChI=1S/C21H18BrNO4/c1-12-19-16(24)3-2-4-18(19)27-20(12)21(25)23-11-15-9-10-17(26-15)13-5-7-14(22)8-6-13/h5-10H,2-4,11H2,1H3,(H,23,25). The highest BCUT2D eigenvalue weighted by Gasteiger charge is 2.28. The van der Waals surface area contributed by atoms with E-state index >= 15 is 0 Å². The van der Waals surface area contributed by atoms with Crippen LogP contribution in [-0.4, -0.2) is 11.7 Å². The van der Waals surface area contributed by atoms with Gasteiger partial charge < -0.3 is 14.2 Å². The first-order chi connectivity index (χ1) is 13.0.